The van der Waals surface area contributed by atoms with E-state index in [1.807, 2.05) is 42.7 Å². The molecule has 0 saturated carbocycles. The van der Waals surface area contributed by atoms with Crippen molar-refractivity contribution >= 4 is 34.2 Å². The molecule has 0 saturated heterocycles. The molecule has 3 aromatic carbocycles. The molecule has 1 aliphatic rings. The number of aromatic nitrogens is 2. The van der Waals surface area contributed by atoms with Gasteiger partial charge in [-0.1, -0.05) is 48.6 Å². The highest BCUT2D eigenvalue weighted by atomic mass is 14.9. The number of hydrogen-bond donors (Lipinski definition) is 2. The molecule has 0 fully saturated rings. The molecule has 4 nitrogen and oxygen atoms in total. The predicted molar refractivity (Wildman–Crippen MR) is 131 cm³/mol. The zero-order valence-electron chi connectivity index (χ0n) is 17.3. The molecule has 31 heavy (non-hydrogen) atoms. The lowest BCUT2D eigenvalue weighted by molar-refractivity contribution is 0.869. The summed E-state index contributed by atoms with van der Waals surface area (Å²) in [7, 11) is 0. The number of aromatic amines is 1. The van der Waals surface area contributed by atoms with Crippen LogP contribution in [0.2, 0.25) is 0 Å². The summed E-state index contributed by atoms with van der Waals surface area (Å²) < 4.78 is 0. The standard InChI is InChI=1S/C27H24N4/c1-2-6-17-28-19-22(8-3-1)20-13-15-23(16-14-20)29-24-10-7-9-21(18-24)27-30-25-11-4-5-12-26(25)31-27/h4-19,29H,1-3H2,(H,30,31)/b17-6-,22-8-,28-19-. The minimum Gasteiger partial charge on any atom is -0.356 e. The molecule has 152 valence electrons. The number of imidazole rings is 1. The number of allylic oxidation sites excluding steroid dienone is 3. The van der Waals surface area contributed by atoms with Gasteiger partial charge in [-0.25, -0.2) is 4.98 Å². The van der Waals surface area contributed by atoms with Gasteiger partial charge < -0.3 is 10.3 Å². The van der Waals surface area contributed by atoms with E-state index in [1.165, 1.54) is 11.1 Å². The number of nitrogens with one attached hydrogen (secondary N) is 2. The predicted octanol–water partition coefficient (Wildman–Crippen LogP) is 7.13. The van der Waals surface area contributed by atoms with Gasteiger partial charge in [0.25, 0.3) is 0 Å². The van der Waals surface area contributed by atoms with E-state index in [0.29, 0.717) is 0 Å². The van der Waals surface area contributed by atoms with E-state index >= 15 is 0 Å². The summed E-state index contributed by atoms with van der Waals surface area (Å²) in [4.78, 5) is 12.5. The Bertz CT molecular complexity index is 1240. The van der Waals surface area contributed by atoms with E-state index in [1.54, 1.807) is 0 Å². The molecule has 0 amide bonds. The smallest absolute Gasteiger partial charge is 0.138 e. The van der Waals surface area contributed by atoms with Gasteiger partial charge in [-0.3, -0.25) is 4.99 Å². The van der Waals surface area contributed by atoms with E-state index in [2.05, 4.69) is 69.9 Å². The van der Waals surface area contributed by atoms with E-state index < -0.39 is 0 Å². The second-order valence-corrected chi connectivity index (χ2v) is 7.64. The van der Waals surface area contributed by atoms with Crippen molar-refractivity contribution < 1.29 is 0 Å². The van der Waals surface area contributed by atoms with Crippen molar-refractivity contribution in [1.82, 2.24) is 9.97 Å². The topological polar surface area (TPSA) is 53.1 Å². The summed E-state index contributed by atoms with van der Waals surface area (Å²) in [5.41, 5.74) is 7.50. The van der Waals surface area contributed by atoms with Crippen LogP contribution in [0.3, 0.4) is 0 Å². The van der Waals surface area contributed by atoms with Crippen LogP contribution in [0.4, 0.5) is 11.4 Å². The fourth-order valence-corrected chi connectivity index (χ4v) is 3.74. The average Bonchev–Trinajstić information content (AvgIpc) is 3.29. The number of hydrogen-bond acceptors (Lipinski definition) is 3. The first-order valence-corrected chi connectivity index (χ1v) is 10.7. The van der Waals surface area contributed by atoms with Gasteiger partial charge in [0, 0.05) is 29.4 Å². The zero-order chi connectivity index (χ0) is 20.9. The second-order valence-electron chi connectivity index (χ2n) is 7.64. The maximum absolute atomic E-state index is 4.71. The van der Waals surface area contributed by atoms with Gasteiger partial charge in [0.05, 0.1) is 11.0 Å². The van der Waals surface area contributed by atoms with Gasteiger partial charge in [0.2, 0.25) is 0 Å². The summed E-state index contributed by atoms with van der Waals surface area (Å²) in [6, 6.07) is 24.9. The number of H-pyrrole nitrogens is 1. The molecule has 1 aromatic heterocycles. The molecule has 2 heterocycles. The quantitative estimate of drug-likeness (QED) is 0.380. The highest BCUT2D eigenvalue weighted by molar-refractivity contribution is 6.10. The van der Waals surface area contributed by atoms with Gasteiger partial charge >= 0.3 is 0 Å². The third-order valence-electron chi connectivity index (χ3n) is 5.38. The van der Waals surface area contributed by atoms with Gasteiger partial charge in [-0.15, -0.1) is 0 Å². The number of para-hydroxylation sites is 2. The van der Waals surface area contributed by atoms with E-state index in [0.717, 1.165) is 53.1 Å². The molecule has 4 aromatic rings. The fourth-order valence-electron chi connectivity index (χ4n) is 3.74. The van der Waals surface area contributed by atoms with Crippen LogP contribution in [0, 0.1) is 0 Å². The van der Waals surface area contributed by atoms with Crippen LogP contribution in [0.1, 0.15) is 24.8 Å². The first-order chi connectivity index (χ1) is 15.3. The Labute approximate surface area is 182 Å². The first-order valence-electron chi connectivity index (χ1n) is 10.7. The highest BCUT2D eigenvalue weighted by Crippen LogP contribution is 2.26. The van der Waals surface area contributed by atoms with E-state index in [9.17, 15) is 0 Å². The first kappa shape index (κ1) is 19.1. The van der Waals surface area contributed by atoms with Gasteiger partial charge in [-0.05, 0) is 66.8 Å². The van der Waals surface area contributed by atoms with Crippen LogP contribution in [0.15, 0.2) is 96.1 Å². The van der Waals surface area contributed by atoms with Crippen molar-refractivity contribution in [3.8, 4) is 11.4 Å². The molecule has 0 spiro atoms. The summed E-state index contributed by atoms with van der Waals surface area (Å²) in [5.74, 6) is 0.876. The highest BCUT2D eigenvalue weighted by Gasteiger charge is 2.06. The van der Waals surface area contributed by atoms with Gasteiger partial charge in [-0.2, -0.15) is 0 Å². The molecule has 0 aliphatic carbocycles. The summed E-state index contributed by atoms with van der Waals surface area (Å²) in [5, 5.41) is 3.50. The Hall–Kier alpha value is -3.92. The molecule has 4 heteroatoms. The summed E-state index contributed by atoms with van der Waals surface area (Å²) in [6.07, 6.45) is 11.5. The Morgan fingerprint density at radius 1 is 0.806 bits per heavy atom. The third kappa shape index (κ3) is 4.48. The van der Waals surface area contributed by atoms with Crippen LogP contribution in [-0.2, 0) is 0 Å². The number of benzene rings is 3. The molecule has 1 aliphatic heterocycles. The number of nitrogens with zero attached hydrogens (tertiary/aromatic N) is 2. The second kappa shape index (κ2) is 8.84. The molecule has 2 N–H and O–H groups in total. The minimum absolute atomic E-state index is 0.876. The van der Waals surface area contributed by atoms with Crippen molar-refractivity contribution in [2.24, 2.45) is 4.99 Å². The van der Waals surface area contributed by atoms with Crippen LogP contribution < -0.4 is 5.32 Å². The van der Waals surface area contributed by atoms with Crippen molar-refractivity contribution in [2.75, 3.05) is 5.32 Å². The van der Waals surface area contributed by atoms with Crippen LogP contribution in [0.5, 0.6) is 0 Å². The molecule has 0 unspecified atom stereocenters. The fraction of sp³-hybridized carbons (Fsp3) is 0.111. The van der Waals surface area contributed by atoms with Crippen molar-refractivity contribution in [2.45, 2.75) is 19.3 Å². The van der Waals surface area contributed by atoms with Crippen LogP contribution in [-0.4, -0.2) is 16.2 Å². The average molecular weight is 405 g/mol. The molecule has 0 bridgehead atoms. The van der Waals surface area contributed by atoms with E-state index in [-0.39, 0.29) is 0 Å². The Kier molecular flexibility index (Phi) is 5.44. The molecular formula is C27H24N4. The molecule has 0 atom stereocenters. The number of aliphatic imine (C=N–C) groups is 1. The van der Waals surface area contributed by atoms with Crippen LogP contribution >= 0.6 is 0 Å². The summed E-state index contributed by atoms with van der Waals surface area (Å²) in [6.45, 7) is 0. The number of anilines is 2. The monoisotopic (exact) mass is 404 g/mol. The van der Waals surface area contributed by atoms with Crippen molar-refractivity contribution in [3.05, 3.63) is 96.7 Å². The number of rotatable bonds is 4. The molecular weight excluding hydrogens is 380 g/mol. The zero-order valence-corrected chi connectivity index (χ0v) is 17.3. The molecule has 0 radical (unpaired) electrons. The summed E-state index contributed by atoms with van der Waals surface area (Å²) >= 11 is 0. The van der Waals surface area contributed by atoms with Crippen molar-refractivity contribution in [1.29, 1.82) is 0 Å². The third-order valence-corrected chi connectivity index (χ3v) is 5.38. The number of fused-ring (bicyclic) bond motifs is 1. The Morgan fingerprint density at radius 3 is 2.61 bits per heavy atom. The van der Waals surface area contributed by atoms with Crippen LogP contribution in [0.25, 0.3) is 28.0 Å². The van der Waals surface area contributed by atoms with Crippen molar-refractivity contribution in [3.63, 3.8) is 0 Å². The minimum atomic E-state index is 0.876. The molecule has 5 rings (SSSR count). The van der Waals surface area contributed by atoms with Gasteiger partial charge in [0.15, 0.2) is 0 Å². The Balaban J connectivity index is 1.35. The lowest BCUT2D eigenvalue weighted by Gasteiger charge is -2.09. The lowest BCUT2D eigenvalue weighted by Crippen LogP contribution is -1.92. The lowest BCUT2D eigenvalue weighted by atomic mass is 10.0. The van der Waals surface area contributed by atoms with E-state index in [4.69, 9.17) is 4.98 Å². The Morgan fingerprint density at radius 2 is 1.71 bits per heavy atom. The van der Waals surface area contributed by atoms with Gasteiger partial charge in [0.1, 0.15) is 5.82 Å². The maximum atomic E-state index is 4.71. The normalized spacial score (nSPS) is 17.7. The maximum Gasteiger partial charge on any atom is 0.138 e. The largest absolute Gasteiger partial charge is 0.356 e. The SMILES string of the molecule is C1=C/N=C\C(c2ccc(Nc3cccc(-c4nc5ccccc5[nH]4)c3)cc2)=C\CCC\1.